The Morgan fingerprint density at radius 3 is 2.72 bits per heavy atom. The van der Waals surface area contributed by atoms with Crippen molar-refractivity contribution in [3.63, 3.8) is 0 Å². The van der Waals surface area contributed by atoms with Gasteiger partial charge < -0.3 is 0 Å². The Hall–Kier alpha value is -0.0156. The van der Waals surface area contributed by atoms with E-state index in [4.69, 9.17) is 16.9 Å². The van der Waals surface area contributed by atoms with E-state index in [1.807, 2.05) is 24.0 Å². The van der Waals surface area contributed by atoms with Crippen LogP contribution in [0.15, 0.2) is 24.9 Å². The number of nitriles is 1. The molecule has 0 saturated heterocycles. The van der Waals surface area contributed by atoms with Gasteiger partial charge in [-0.05, 0) is 30.3 Å². The molecule has 1 heterocycles. The average Bonchev–Trinajstić information content (AvgIpc) is 2.36. The number of hydrogen-bond acceptors (Lipinski definition) is 2. The van der Waals surface area contributed by atoms with Crippen LogP contribution in [0.1, 0.15) is 29.9 Å². The van der Waals surface area contributed by atoms with Crippen molar-refractivity contribution in [2.24, 2.45) is 0 Å². The maximum atomic E-state index is 9.05. The molecule has 1 radical (unpaired) electrons. The van der Waals surface area contributed by atoms with Gasteiger partial charge in [-0.25, -0.2) is 4.98 Å². The SMILES string of the molecule is C=CCCC(C#N)c1cc(C)cnc1Cl.CI.[V]. The topological polar surface area (TPSA) is 36.7 Å². The van der Waals surface area contributed by atoms with E-state index in [0.717, 1.165) is 24.0 Å². The van der Waals surface area contributed by atoms with Gasteiger partial charge in [-0.3, -0.25) is 0 Å². The van der Waals surface area contributed by atoms with Gasteiger partial charge in [0.15, 0.2) is 0 Å². The van der Waals surface area contributed by atoms with E-state index in [9.17, 15) is 0 Å². The first-order chi connectivity index (χ1) is 8.19. The van der Waals surface area contributed by atoms with Gasteiger partial charge in [0, 0.05) is 30.3 Å². The summed E-state index contributed by atoms with van der Waals surface area (Å²) in [5.41, 5.74) is 1.84. The van der Waals surface area contributed by atoms with Crippen molar-refractivity contribution in [3.05, 3.63) is 41.2 Å². The van der Waals surface area contributed by atoms with Gasteiger partial charge in [0.25, 0.3) is 0 Å². The van der Waals surface area contributed by atoms with Gasteiger partial charge >= 0.3 is 0 Å². The number of alkyl halides is 1. The molecule has 1 aromatic heterocycles. The van der Waals surface area contributed by atoms with Crippen LogP contribution in [0, 0.1) is 18.3 Å². The summed E-state index contributed by atoms with van der Waals surface area (Å²) in [5.74, 6) is -0.192. The summed E-state index contributed by atoms with van der Waals surface area (Å²) < 4.78 is 0. The van der Waals surface area contributed by atoms with Gasteiger partial charge in [0.2, 0.25) is 0 Å². The quantitative estimate of drug-likeness (QED) is 0.311. The zero-order chi connectivity index (χ0) is 13.3. The summed E-state index contributed by atoms with van der Waals surface area (Å²) in [6.07, 6.45) is 5.06. The van der Waals surface area contributed by atoms with E-state index < -0.39 is 0 Å². The van der Waals surface area contributed by atoms with Crippen molar-refractivity contribution in [1.82, 2.24) is 4.98 Å². The molecule has 0 amide bonds. The Morgan fingerprint density at radius 1 is 1.61 bits per heavy atom. The number of aromatic nitrogens is 1. The number of hydrogen-bond donors (Lipinski definition) is 0. The molecular formula is C13H16ClIN2V. The number of halogens is 2. The smallest absolute Gasteiger partial charge is 0.133 e. The zero-order valence-corrected chi connectivity index (χ0v) is 14.8. The number of aryl methyl sites for hydroxylation is 1. The summed E-state index contributed by atoms with van der Waals surface area (Å²) in [7, 11) is 0. The Morgan fingerprint density at radius 2 is 2.22 bits per heavy atom. The minimum Gasteiger partial charge on any atom is -0.244 e. The maximum Gasteiger partial charge on any atom is 0.133 e. The van der Waals surface area contributed by atoms with Gasteiger partial charge in [-0.2, -0.15) is 5.26 Å². The first kappa shape index (κ1) is 20.3. The predicted octanol–water partition coefficient (Wildman–Crippen LogP) is 4.67. The van der Waals surface area contributed by atoms with Gasteiger partial charge in [-0.15, -0.1) is 6.58 Å². The van der Waals surface area contributed by atoms with E-state index in [1.54, 1.807) is 6.20 Å². The van der Waals surface area contributed by atoms with E-state index in [-0.39, 0.29) is 24.5 Å². The summed E-state index contributed by atoms with van der Waals surface area (Å²) >= 11 is 8.11. The van der Waals surface area contributed by atoms with Crippen molar-refractivity contribution < 1.29 is 18.6 Å². The van der Waals surface area contributed by atoms with E-state index >= 15 is 0 Å². The van der Waals surface area contributed by atoms with Crippen LogP contribution in [0.2, 0.25) is 5.15 Å². The van der Waals surface area contributed by atoms with Crippen molar-refractivity contribution in [1.29, 1.82) is 5.26 Å². The van der Waals surface area contributed by atoms with E-state index in [2.05, 4.69) is 40.2 Å². The Balaban J connectivity index is 0. The largest absolute Gasteiger partial charge is 0.244 e. The van der Waals surface area contributed by atoms with Crippen molar-refractivity contribution in [3.8, 4) is 6.07 Å². The van der Waals surface area contributed by atoms with Crippen LogP contribution in [0.25, 0.3) is 0 Å². The van der Waals surface area contributed by atoms with E-state index in [1.165, 1.54) is 0 Å². The third-order valence-corrected chi connectivity index (χ3v) is 2.51. The molecule has 0 spiro atoms. The minimum atomic E-state index is -0.192. The predicted molar refractivity (Wildman–Crippen MR) is 81.7 cm³/mol. The zero-order valence-electron chi connectivity index (χ0n) is 10.5. The molecule has 1 atom stereocenters. The molecule has 2 nitrogen and oxygen atoms in total. The molecule has 0 saturated carbocycles. The van der Waals surface area contributed by atoms with Crippen molar-refractivity contribution >= 4 is 34.2 Å². The molecule has 0 N–H and O–H groups in total. The van der Waals surface area contributed by atoms with Crippen LogP contribution in [-0.4, -0.2) is 9.91 Å². The molecule has 0 fully saturated rings. The van der Waals surface area contributed by atoms with Gasteiger partial charge in [-0.1, -0.05) is 46.3 Å². The summed E-state index contributed by atoms with van der Waals surface area (Å²) in [4.78, 5) is 6.01. The van der Waals surface area contributed by atoms with Gasteiger partial charge in [0.1, 0.15) is 5.15 Å². The van der Waals surface area contributed by atoms with Crippen LogP contribution in [0.3, 0.4) is 0 Å². The average molecular weight is 414 g/mol. The number of rotatable bonds is 4. The molecular weight excluding hydrogens is 397 g/mol. The number of nitrogens with zero attached hydrogens (tertiary/aromatic N) is 2. The summed E-state index contributed by atoms with van der Waals surface area (Å²) in [5, 5.41) is 9.48. The Bertz CT molecular complexity index is 404. The van der Waals surface area contributed by atoms with Crippen molar-refractivity contribution in [2.45, 2.75) is 25.7 Å². The molecule has 1 rings (SSSR count). The molecule has 1 aromatic rings. The van der Waals surface area contributed by atoms with Crippen molar-refractivity contribution in [2.75, 3.05) is 4.93 Å². The Kier molecular flexibility index (Phi) is 13.6. The van der Waals surface area contributed by atoms with Gasteiger partial charge in [0.05, 0.1) is 12.0 Å². The second kappa shape index (κ2) is 12.0. The van der Waals surface area contributed by atoms with Crippen LogP contribution in [0.4, 0.5) is 0 Å². The molecule has 0 bridgehead atoms. The molecule has 5 heteroatoms. The van der Waals surface area contributed by atoms with Crippen LogP contribution in [-0.2, 0) is 18.6 Å². The maximum absolute atomic E-state index is 9.05. The molecule has 0 aliphatic carbocycles. The molecule has 18 heavy (non-hydrogen) atoms. The fraction of sp³-hybridized carbons (Fsp3) is 0.385. The normalized spacial score (nSPS) is 10.2. The van der Waals surface area contributed by atoms with Crippen LogP contribution in [0.5, 0.6) is 0 Å². The van der Waals surface area contributed by atoms with E-state index in [0.29, 0.717) is 5.15 Å². The first-order valence-corrected chi connectivity index (χ1v) is 7.73. The fourth-order valence-electron chi connectivity index (χ4n) is 1.39. The van der Waals surface area contributed by atoms with Crippen LogP contribution >= 0.6 is 34.2 Å². The minimum absolute atomic E-state index is 0. The molecule has 0 aliphatic rings. The molecule has 0 aromatic carbocycles. The third-order valence-electron chi connectivity index (χ3n) is 2.19. The standard InChI is InChI=1S/C12H13ClN2.CH3I.V/c1-3-4-5-10(7-14)11-6-9(2)8-15-12(11)13;1-2;/h3,6,8,10H,1,4-5H2,2H3;1H3;. The second-order valence-corrected chi connectivity index (χ2v) is 3.80. The summed E-state index contributed by atoms with van der Waals surface area (Å²) in [6, 6.07) is 4.17. The monoisotopic (exact) mass is 413 g/mol. The Labute approximate surface area is 140 Å². The van der Waals surface area contributed by atoms with Crippen LogP contribution < -0.4 is 0 Å². The number of allylic oxidation sites excluding steroid dienone is 1. The third kappa shape index (κ3) is 6.79. The molecule has 1 unspecified atom stereocenters. The fourth-order valence-corrected chi connectivity index (χ4v) is 1.63. The molecule has 0 aliphatic heterocycles. The second-order valence-electron chi connectivity index (χ2n) is 3.44. The molecule has 97 valence electrons. The summed E-state index contributed by atoms with van der Waals surface area (Å²) in [6.45, 7) is 5.58. The number of pyridine rings is 1. The first-order valence-electron chi connectivity index (χ1n) is 5.19.